The van der Waals surface area contributed by atoms with Crippen LogP contribution in [0.3, 0.4) is 0 Å². The summed E-state index contributed by atoms with van der Waals surface area (Å²) in [5.74, 6) is 2.05. The van der Waals surface area contributed by atoms with Gasteiger partial charge in [0.25, 0.3) is 5.91 Å². The maximum atomic E-state index is 12.5. The van der Waals surface area contributed by atoms with Gasteiger partial charge >= 0.3 is 0 Å². The van der Waals surface area contributed by atoms with E-state index >= 15 is 0 Å². The molecular weight excluding hydrogens is 344 g/mol. The second-order valence-corrected chi connectivity index (χ2v) is 6.27. The molecule has 6 heteroatoms. The standard InChI is InChI=1S/C21H22N2O4/c1-13(2)23-20(24)15-7-5-6-8-16(15)21-22-12-19(27-21)17-10-9-14(25-3)11-18(17)26-4/h5-13H,1-4H3,(H,23,24). The Morgan fingerprint density at radius 2 is 1.85 bits per heavy atom. The molecule has 6 nitrogen and oxygen atoms in total. The molecule has 1 N–H and O–H groups in total. The van der Waals surface area contributed by atoms with Crippen molar-refractivity contribution < 1.29 is 18.7 Å². The number of nitrogens with zero attached hydrogens (tertiary/aromatic N) is 1. The van der Waals surface area contributed by atoms with E-state index < -0.39 is 0 Å². The Bertz CT molecular complexity index is 947. The van der Waals surface area contributed by atoms with Gasteiger partial charge < -0.3 is 19.2 Å². The predicted molar refractivity (Wildman–Crippen MR) is 103 cm³/mol. The number of carbonyl (C=O) groups excluding carboxylic acids is 1. The monoisotopic (exact) mass is 366 g/mol. The molecule has 3 rings (SSSR count). The summed E-state index contributed by atoms with van der Waals surface area (Å²) in [6.07, 6.45) is 1.62. The summed E-state index contributed by atoms with van der Waals surface area (Å²) in [5, 5.41) is 2.90. The fourth-order valence-corrected chi connectivity index (χ4v) is 2.73. The largest absolute Gasteiger partial charge is 0.497 e. The lowest BCUT2D eigenvalue weighted by Gasteiger charge is -2.10. The minimum absolute atomic E-state index is 0.0363. The van der Waals surface area contributed by atoms with Crippen molar-refractivity contribution in [1.29, 1.82) is 0 Å². The summed E-state index contributed by atoms with van der Waals surface area (Å²) in [6, 6.07) is 12.7. The molecular formula is C21H22N2O4. The highest BCUT2D eigenvalue weighted by molar-refractivity contribution is 6.00. The molecule has 0 unspecified atom stereocenters. The first-order chi connectivity index (χ1) is 13.0. The van der Waals surface area contributed by atoms with Crippen LogP contribution in [-0.2, 0) is 0 Å². The van der Waals surface area contributed by atoms with Crippen molar-refractivity contribution in [3.05, 3.63) is 54.2 Å². The summed E-state index contributed by atoms with van der Waals surface area (Å²) in [7, 11) is 3.18. The quantitative estimate of drug-likeness (QED) is 0.709. The lowest BCUT2D eigenvalue weighted by atomic mass is 10.1. The van der Waals surface area contributed by atoms with Crippen LogP contribution in [0.4, 0.5) is 0 Å². The van der Waals surface area contributed by atoms with Crippen LogP contribution in [0.2, 0.25) is 0 Å². The van der Waals surface area contributed by atoms with E-state index in [1.165, 1.54) is 0 Å². The van der Waals surface area contributed by atoms with Crippen LogP contribution in [0.5, 0.6) is 11.5 Å². The first-order valence-corrected chi connectivity index (χ1v) is 8.62. The zero-order chi connectivity index (χ0) is 19.4. The topological polar surface area (TPSA) is 73.6 Å². The van der Waals surface area contributed by atoms with E-state index in [0.717, 1.165) is 5.56 Å². The third-order valence-corrected chi connectivity index (χ3v) is 4.00. The number of rotatable bonds is 6. The Morgan fingerprint density at radius 1 is 1.07 bits per heavy atom. The number of ether oxygens (including phenoxy) is 2. The molecule has 0 aliphatic carbocycles. The van der Waals surface area contributed by atoms with Crippen LogP contribution in [0, 0.1) is 0 Å². The van der Waals surface area contributed by atoms with E-state index in [1.54, 1.807) is 32.5 Å². The number of amides is 1. The van der Waals surface area contributed by atoms with E-state index in [-0.39, 0.29) is 11.9 Å². The molecule has 0 fully saturated rings. The number of oxazole rings is 1. The van der Waals surface area contributed by atoms with E-state index in [2.05, 4.69) is 10.3 Å². The number of benzene rings is 2. The summed E-state index contributed by atoms with van der Waals surface area (Å²) in [4.78, 5) is 16.9. The van der Waals surface area contributed by atoms with Crippen molar-refractivity contribution in [3.8, 4) is 34.3 Å². The number of aromatic nitrogens is 1. The van der Waals surface area contributed by atoms with E-state index in [9.17, 15) is 4.79 Å². The third-order valence-electron chi connectivity index (χ3n) is 4.00. The maximum Gasteiger partial charge on any atom is 0.252 e. The van der Waals surface area contributed by atoms with Gasteiger partial charge in [-0.3, -0.25) is 4.79 Å². The number of hydrogen-bond donors (Lipinski definition) is 1. The minimum Gasteiger partial charge on any atom is -0.497 e. The molecule has 2 aromatic carbocycles. The average Bonchev–Trinajstić information content (AvgIpc) is 3.16. The van der Waals surface area contributed by atoms with Gasteiger partial charge in [0.1, 0.15) is 11.5 Å². The van der Waals surface area contributed by atoms with Crippen molar-refractivity contribution in [2.24, 2.45) is 0 Å². The Morgan fingerprint density at radius 3 is 2.56 bits per heavy atom. The third kappa shape index (κ3) is 3.95. The van der Waals surface area contributed by atoms with Crippen molar-refractivity contribution >= 4 is 5.91 Å². The summed E-state index contributed by atoms with van der Waals surface area (Å²) < 4.78 is 16.6. The first kappa shape index (κ1) is 18.5. The number of nitrogens with one attached hydrogen (secondary N) is 1. The highest BCUT2D eigenvalue weighted by Crippen LogP contribution is 2.35. The molecule has 0 atom stereocenters. The summed E-state index contributed by atoms with van der Waals surface area (Å²) in [6.45, 7) is 3.83. The average molecular weight is 366 g/mol. The lowest BCUT2D eigenvalue weighted by Crippen LogP contribution is -2.30. The molecule has 140 valence electrons. The van der Waals surface area contributed by atoms with Crippen LogP contribution in [-0.4, -0.2) is 31.2 Å². The van der Waals surface area contributed by atoms with Crippen molar-refractivity contribution in [1.82, 2.24) is 10.3 Å². The fraction of sp³-hybridized carbons (Fsp3) is 0.238. The van der Waals surface area contributed by atoms with Crippen molar-refractivity contribution in [3.63, 3.8) is 0 Å². The zero-order valence-electron chi connectivity index (χ0n) is 15.8. The second kappa shape index (κ2) is 7.95. The van der Waals surface area contributed by atoms with Gasteiger partial charge in [0, 0.05) is 17.7 Å². The number of carbonyl (C=O) groups is 1. The zero-order valence-corrected chi connectivity index (χ0v) is 15.8. The molecule has 1 heterocycles. The molecule has 0 aliphatic heterocycles. The highest BCUT2D eigenvalue weighted by Gasteiger charge is 2.18. The molecule has 0 bridgehead atoms. The maximum absolute atomic E-state index is 12.5. The van der Waals surface area contributed by atoms with E-state index in [0.29, 0.717) is 34.3 Å². The molecule has 0 spiro atoms. The predicted octanol–water partition coefficient (Wildman–Crippen LogP) is 4.16. The van der Waals surface area contributed by atoms with Gasteiger partial charge in [-0.25, -0.2) is 4.98 Å². The Kier molecular flexibility index (Phi) is 5.45. The van der Waals surface area contributed by atoms with Gasteiger partial charge in [-0.05, 0) is 38.1 Å². The van der Waals surface area contributed by atoms with E-state index in [1.807, 2.05) is 44.2 Å². The number of methoxy groups -OCH3 is 2. The Labute approximate surface area is 158 Å². The molecule has 0 radical (unpaired) electrons. The lowest BCUT2D eigenvalue weighted by molar-refractivity contribution is 0.0943. The number of hydrogen-bond acceptors (Lipinski definition) is 5. The first-order valence-electron chi connectivity index (χ1n) is 8.62. The Balaban J connectivity index is 1.99. The fourth-order valence-electron chi connectivity index (χ4n) is 2.73. The minimum atomic E-state index is -0.164. The van der Waals surface area contributed by atoms with Crippen LogP contribution in [0.1, 0.15) is 24.2 Å². The molecule has 1 aromatic heterocycles. The highest BCUT2D eigenvalue weighted by atomic mass is 16.5. The van der Waals surface area contributed by atoms with Crippen molar-refractivity contribution in [2.45, 2.75) is 19.9 Å². The van der Waals surface area contributed by atoms with Gasteiger partial charge in [-0.2, -0.15) is 0 Å². The molecule has 27 heavy (non-hydrogen) atoms. The smallest absolute Gasteiger partial charge is 0.252 e. The normalized spacial score (nSPS) is 10.7. The van der Waals surface area contributed by atoms with Crippen LogP contribution in [0.15, 0.2) is 53.1 Å². The molecule has 1 amide bonds. The molecule has 0 saturated heterocycles. The second-order valence-electron chi connectivity index (χ2n) is 6.27. The molecule has 0 aliphatic rings. The van der Waals surface area contributed by atoms with Crippen LogP contribution < -0.4 is 14.8 Å². The van der Waals surface area contributed by atoms with Gasteiger partial charge in [0.15, 0.2) is 5.76 Å². The van der Waals surface area contributed by atoms with Gasteiger partial charge in [0.05, 0.1) is 31.5 Å². The summed E-state index contributed by atoms with van der Waals surface area (Å²) >= 11 is 0. The van der Waals surface area contributed by atoms with Gasteiger partial charge in [0.2, 0.25) is 5.89 Å². The van der Waals surface area contributed by atoms with Crippen LogP contribution in [0.25, 0.3) is 22.8 Å². The molecule has 0 saturated carbocycles. The SMILES string of the molecule is COc1ccc(-c2cnc(-c3ccccc3C(=O)NC(C)C)o2)c(OC)c1. The summed E-state index contributed by atoms with van der Waals surface area (Å²) in [5.41, 5.74) is 1.90. The van der Waals surface area contributed by atoms with Crippen LogP contribution >= 0.6 is 0 Å². The van der Waals surface area contributed by atoms with Crippen molar-refractivity contribution in [2.75, 3.05) is 14.2 Å². The Hall–Kier alpha value is -3.28. The van der Waals surface area contributed by atoms with Gasteiger partial charge in [-0.15, -0.1) is 0 Å². The molecule has 3 aromatic rings. The van der Waals surface area contributed by atoms with Gasteiger partial charge in [-0.1, -0.05) is 12.1 Å². The van der Waals surface area contributed by atoms with E-state index in [4.69, 9.17) is 13.9 Å².